The highest BCUT2D eigenvalue weighted by atomic mass is 16.5. The molecule has 216 valence electrons. The van der Waals surface area contributed by atoms with Gasteiger partial charge in [0, 0.05) is 34.0 Å². The van der Waals surface area contributed by atoms with E-state index in [1.165, 1.54) is 16.2 Å². The van der Waals surface area contributed by atoms with E-state index in [-0.39, 0.29) is 0 Å². The third-order valence-electron chi connectivity index (χ3n) is 8.55. The molecule has 5 nitrogen and oxygen atoms in total. The number of nitrogens with zero attached hydrogens (tertiary/aromatic N) is 4. The maximum absolute atomic E-state index is 6.69. The summed E-state index contributed by atoms with van der Waals surface area (Å²) in [7, 11) is 0. The van der Waals surface area contributed by atoms with Crippen molar-refractivity contribution in [1.82, 2.24) is 19.7 Å². The second kappa shape index (κ2) is 10.7. The van der Waals surface area contributed by atoms with Crippen LogP contribution in [0.5, 0.6) is 11.5 Å². The quantitative estimate of drug-likeness (QED) is 0.200. The molecule has 0 bridgehead atoms. The second-order valence-electron chi connectivity index (χ2n) is 11.4. The summed E-state index contributed by atoms with van der Waals surface area (Å²) in [6.45, 7) is 0. The zero-order valence-electron chi connectivity index (χ0n) is 24.7. The summed E-state index contributed by atoms with van der Waals surface area (Å²) in [4.78, 5) is 4.74. The largest absolute Gasteiger partial charge is 0.457 e. The Kier molecular flexibility index (Phi) is 6.06. The van der Waals surface area contributed by atoms with Crippen molar-refractivity contribution < 1.29 is 4.74 Å². The van der Waals surface area contributed by atoms with Gasteiger partial charge >= 0.3 is 0 Å². The molecular formula is C41H26N4O. The number of fused-ring (bicyclic) bond motifs is 6. The fourth-order valence-corrected chi connectivity index (χ4v) is 6.43. The number of hydrogen-bond donors (Lipinski definition) is 0. The molecule has 5 heteroatoms. The van der Waals surface area contributed by atoms with Crippen LogP contribution in [0.1, 0.15) is 0 Å². The first-order chi connectivity index (χ1) is 22.8. The third kappa shape index (κ3) is 4.45. The van der Waals surface area contributed by atoms with Crippen molar-refractivity contribution in [3.05, 3.63) is 158 Å². The predicted octanol–water partition coefficient (Wildman–Crippen LogP) is 10.4. The molecule has 6 aromatic carbocycles. The number of pyridine rings is 1. The van der Waals surface area contributed by atoms with Gasteiger partial charge in [-0.2, -0.15) is 0 Å². The first kappa shape index (κ1) is 26.1. The van der Waals surface area contributed by atoms with Gasteiger partial charge in [-0.05, 0) is 82.6 Å². The fourth-order valence-electron chi connectivity index (χ4n) is 6.43. The average molecular weight is 591 g/mol. The van der Waals surface area contributed by atoms with Crippen LogP contribution in [0.2, 0.25) is 0 Å². The maximum atomic E-state index is 6.69. The Bertz CT molecular complexity index is 2560. The molecule has 0 spiro atoms. The number of aromatic nitrogens is 4. The molecule has 46 heavy (non-hydrogen) atoms. The number of benzene rings is 6. The van der Waals surface area contributed by atoms with Gasteiger partial charge in [-0.25, -0.2) is 4.98 Å². The van der Waals surface area contributed by atoms with Gasteiger partial charge in [0.05, 0.1) is 22.2 Å². The van der Waals surface area contributed by atoms with E-state index in [1.54, 1.807) is 0 Å². The van der Waals surface area contributed by atoms with Gasteiger partial charge in [0.1, 0.15) is 17.3 Å². The highest BCUT2D eigenvalue weighted by molar-refractivity contribution is 6.21. The van der Waals surface area contributed by atoms with Crippen molar-refractivity contribution in [3.63, 3.8) is 0 Å². The Morgan fingerprint density at radius 2 is 1.28 bits per heavy atom. The SMILES string of the molecule is c1ccc(-c2cc(Oc3ccc4c5c6ccccc6ccc5n(-c5ccccn5)c4c3)cc(-c3cc4ccccc4nn3)c2)cc1. The minimum atomic E-state index is 0.719. The van der Waals surface area contributed by atoms with Crippen molar-refractivity contribution >= 4 is 43.5 Å². The molecule has 0 amide bonds. The van der Waals surface area contributed by atoms with Crippen LogP contribution in [0.15, 0.2) is 158 Å². The molecule has 0 fully saturated rings. The van der Waals surface area contributed by atoms with Crippen molar-refractivity contribution in [2.45, 2.75) is 0 Å². The van der Waals surface area contributed by atoms with Crippen LogP contribution in [-0.2, 0) is 0 Å². The monoisotopic (exact) mass is 590 g/mol. The van der Waals surface area contributed by atoms with Crippen molar-refractivity contribution in [2.24, 2.45) is 0 Å². The molecule has 3 aromatic heterocycles. The van der Waals surface area contributed by atoms with Gasteiger partial charge in [0.25, 0.3) is 0 Å². The van der Waals surface area contributed by atoms with E-state index in [0.717, 1.165) is 67.0 Å². The van der Waals surface area contributed by atoms with E-state index in [4.69, 9.17) is 9.72 Å². The number of ether oxygens (including phenoxy) is 1. The minimum Gasteiger partial charge on any atom is -0.457 e. The fraction of sp³-hybridized carbons (Fsp3) is 0. The molecule has 0 aliphatic rings. The first-order valence-electron chi connectivity index (χ1n) is 15.3. The van der Waals surface area contributed by atoms with Crippen LogP contribution in [-0.4, -0.2) is 19.7 Å². The van der Waals surface area contributed by atoms with Crippen molar-refractivity contribution in [1.29, 1.82) is 0 Å². The van der Waals surface area contributed by atoms with E-state index in [1.807, 2.05) is 66.9 Å². The molecule has 9 rings (SSSR count). The molecule has 0 aliphatic heterocycles. The molecular weight excluding hydrogens is 564 g/mol. The Morgan fingerprint density at radius 1 is 0.478 bits per heavy atom. The van der Waals surface area contributed by atoms with Crippen LogP contribution < -0.4 is 4.74 Å². The lowest BCUT2D eigenvalue weighted by atomic mass is 10.0. The van der Waals surface area contributed by atoms with Gasteiger partial charge in [-0.15, -0.1) is 10.2 Å². The lowest BCUT2D eigenvalue weighted by Crippen LogP contribution is -1.96. The standard InChI is InChI=1S/C41H26N4O/c1-2-10-27(11-3-1)30-22-31(37-25-29-13-5-7-15-36(29)43-44-37)24-33(23-30)46-32-18-19-35-39(26-32)45(40-16-8-9-21-42-40)38-20-17-28-12-4-6-14-34(28)41(35)38/h1-26H. The summed E-state index contributed by atoms with van der Waals surface area (Å²) >= 11 is 0. The van der Waals surface area contributed by atoms with Crippen LogP contribution in [0.4, 0.5) is 0 Å². The van der Waals surface area contributed by atoms with Crippen LogP contribution in [0.25, 0.3) is 71.7 Å². The highest BCUT2D eigenvalue weighted by Crippen LogP contribution is 2.39. The predicted molar refractivity (Wildman–Crippen MR) is 187 cm³/mol. The summed E-state index contributed by atoms with van der Waals surface area (Å²) in [6.07, 6.45) is 1.83. The molecule has 3 heterocycles. The summed E-state index contributed by atoms with van der Waals surface area (Å²) < 4.78 is 8.91. The summed E-state index contributed by atoms with van der Waals surface area (Å²) in [5, 5.41) is 14.9. The Labute approximate surface area is 265 Å². The third-order valence-corrected chi connectivity index (χ3v) is 8.55. The van der Waals surface area contributed by atoms with E-state index in [9.17, 15) is 0 Å². The van der Waals surface area contributed by atoms with Gasteiger partial charge in [0.15, 0.2) is 0 Å². The molecule has 0 atom stereocenters. The Hall–Kier alpha value is -6.33. The molecule has 0 N–H and O–H groups in total. The molecule has 9 aromatic rings. The van der Waals surface area contributed by atoms with Gasteiger partial charge in [-0.3, -0.25) is 4.57 Å². The van der Waals surface area contributed by atoms with E-state index in [2.05, 4.69) is 106 Å². The zero-order valence-corrected chi connectivity index (χ0v) is 24.7. The maximum Gasteiger partial charge on any atom is 0.137 e. The smallest absolute Gasteiger partial charge is 0.137 e. The number of rotatable bonds is 5. The van der Waals surface area contributed by atoms with E-state index < -0.39 is 0 Å². The first-order valence-corrected chi connectivity index (χ1v) is 15.3. The van der Waals surface area contributed by atoms with Crippen LogP contribution in [0.3, 0.4) is 0 Å². The van der Waals surface area contributed by atoms with E-state index >= 15 is 0 Å². The van der Waals surface area contributed by atoms with Crippen LogP contribution in [0, 0.1) is 0 Å². The minimum absolute atomic E-state index is 0.719. The van der Waals surface area contributed by atoms with Gasteiger partial charge < -0.3 is 4.74 Å². The lowest BCUT2D eigenvalue weighted by Gasteiger charge is -2.12. The van der Waals surface area contributed by atoms with Crippen LogP contribution >= 0.6 is 0 Å². The number of hydrogen-bond acceptors (Lipinski definition) is 4. The van der Waals surface area contributed by atoms with Crippen molar-refractivity contribution in [3.8, 4) is 39.7 Å². The van der Waals surface area contributed by atoms with E-state index in [0.29, 0.717) is 0 Å². The summed E-state index contributed by atoms with van der Waals surface area (Å²) in [6, 6.07) is 52.0. The Morgan fingerprint density at radius 3 is 2.17 bits per heavy atom. The van der Waals surface area contributed by atoms with Gasteiger partial charge in [0.2, 0.25) is 0 Å². The summed E-state index contributed by atoms with van der Waals surface area (Å²) in [5.41, 5.74) is 6.86. The normalized spacial score (nSPS) is 11.5. The highest BCUT2D eigenvalue weighted by Gasteiger charge is 2.17. The Balaban J connectivity index is 1.22. The van der Waals surface area contributed by atoms with Gasteiger partial charge in [-0.1, -0.05) is 84.9 Å². The second-order valence-corrected chi connectivity index (χ2v) is 11.4. The molecule has 0 saturated carbocycles. The topological polar surface area (TPSA) is 52.8 Å². The summed E-state index contributed by atoms with van der Waals surface area (Å²) in [5.74, 6) is 2.31. The molecule has 0 saturated heterocycles. The average Bonchev–Trinajstić information content (AvgIpc) is 3.46. The van der Waals surface area contributed by atoms with Crippen molar-refractivity contribution in [2.75, 3.05) is 0 Å². The lowest BCUT2D eigenvalue weighted by molar-refractivity contribution is 0.483. The zero-order chi connectivity index (χ0) is 30.5. The molecule has 0 aliphatic carbocycles. The molecule has 0 unspecified atom stereocenters. The molecule has 0 radical (unpaired) electrons.